The summed E-state index contributed by atoms with van der Waals surface area (Å²) in [7, 11) is 0. The Hall–Kier alpha value is -6.64. The summed E-state index contributed by atoms with van der Waals surface area (Å²) in [4.78, 5) is 0. The summed E-state index contributed by atoms with van der Waals surface area (Å²) in [5, 5.41) is 12.7. The molecule has 0 aliphatic heterocycles. The summed E-state index contributed by atoms with van der Waals surface area (Å²) in [5.41, 5.74) is 12.6. The van der Waals surface area contributed by atoms with E-state index in [9.17, 15) is 0 Å². The lowest BCUT2D eigenvalue weighted by Crippen LogP contribution is -1.98. The van der Waals surface area contributed by atoms with E-state index in [-0.39, 0.29) is 0 Å². The van der Waals surface area contributed by atoms with Gasteiger partial charge in [0.15, 0.2) is 0 Å². The van der Waals surface area contributed by atoms with E-state index >= 15 is 0 Å². The van der Waals surface area contributed by atoms with Gasteiger partial charge in [-0.25, -0.2) is 0 Å². The SMILES string of the molecule is c1cc2c(c(-n3c4ccccc4c4c3ccc3c5ccc6ccccc6c5n(-c5cccc6ccccc56)c34)c1)-c1cccc3cccc-2c13. The maximum absolute atomic E-state index is 2.57. The van der Waals surface area contributed by atoms with E-state index in [0.717, 1.165) is 0 Å². The molecular formula is C48H28N2. The number of hydrogen-bond donors (Lipinski definition) is 0. The van der Waals surface area contributed by atoms with Crippen LogP contribution in [0.3, 0.4) is 0 Å². The second-order valence-electron chi connectivity index (χ2n) is 13.6. The summed E-state index contributed by atoms with van der Waals surface area (Å²) in [6, 6.07) is 62.9. The lowest BCUT2D eigenvalue weighted by Gasteiger charge is -2.15. The van der Waals surface area contributed by atoms with Crippen molar-refractivity contribution in [1.82, 2.24) is 9.13 Å². The third-order valence-corrected chi connectivity index (χ3v) is 11.2. The summed E-state index contributed by atoms with van der Waals surface area (Å²) in [6.45, 7) is 0. The highest BCUT2D eigenvalue weighted by Crippen LogP contribution is 2.51. The van der Waals surface area contributed by atoms with Crippen molar-refractivity contribution in [3.05, 3.63) is 170 Å². The van der Waals surface area contributed by atoms with Gasteiger partial charge < -0.3 is 9.13 Å². The Bertz CT molecular complexity index is 3250. The fourth-order valence-corrected chi connectivity index (χ4v) is 9.23. The number of nitrogens with zero attached hydrogens (tertiary/aromatic N) is 2. The van der Waals surface area contributed by atoms with Gasteiger partial charge in [-0.1, -0.05) is 146 Å². The van der Waals surface area contributed by atoms with Gasteiger partial charge in [0.1, 0.15) is 0 Å². The van der Waals surface area contributed by atoms with Crippen molar-refractivity contribution >= 4 is 75.9 Å². The van der Waals surface area contributed by atoms with Crippen LogP contribution in [0.15, 0.2) is 170 Å². The quantitative estimate of drug-likeness (QED) is 0.179. The normalized spacial score (nSPS) is 12.4. The minimum atomic E-state index is 1.20. The number of benzene rings is 9. The average Bonchev–Trinajstić information content (AvgIpc) is 3.82. The van der Waals surface area contributed by atoms with E-state index in [1.54, 1.807) is 0 Å². The molecule has 0 bridgehead atoms. The van der Waals surface area contributed by atoms with Crippen molar-refractivity contribution in [2.24, 2.45) is 0 Å². The third-order valence-electron chi connectivity index (χ3n) is 11.2. The lowest BCUT2D eigenvalue weighted by atomic mass is 10.0. The van der Waals surface area contributed by atoms with Crippen molar-refractivity contribution in [2.45, 2.75) is 0 Å². The predicted molar refractivity (Wildman–Crippen MR) is 212 cm³/mol. The molecule has 0 spiro atoms. The topological polar surface area (TPSA) is 9.86 Å². The van der Waals surface area contributed by atoms with Crippen molar-refractivity contribution in [2.75, 3.05) is 0 Å². The lowest BCUT2D eigenvalue weighted by molar-refractivity contribution is 1.18. The van der Waals surface area contributed by atoms with Gasteiger partial charge >= 0.3 is 0 Å². The summed E-state index contributed by atoms with van der Waals surface area (Å²) >= 11 is 0. The van der Waals surface area contributed by atoms with Crippen molar-refractivity contribution in [3.8, 4) is 33.6 Å². The Morgan fingerprint density at radius 1 is 0.280 bits per heavy atom. The fourth-order valence-electron chi connectivity index (χ4n) is 9.23. The maximum Gasteiger partial charge on any atom is 0.0641 e. The van der Waals surface area contributed by atoms with E-state index < -0.39 is 0 Å². The molecule has 12 rings (SSSR count). The molecule has 0 fully saturated rings. The smallest absolute Gasteiger partial charge is 0.0641 e. The zero-order valence-corrected chi connectivity index (χ0v) is 27.1. The van der Waals surface area contributed by atoms with E-state index in [1.165, 1.54) is 110 Å². The molecule has 2 heterocycles. The second-order valence-corrected chi connectivity index (χ2v) is 13.6. The molecule has 2 aromatic heterocycles. The van der Waals surface area contributed by atoms with Gasteiger partial charge in [-0.15, -0.1) is 0 Å². The molecule has 0 radical (unpaired) electrons. The molecule has 0 amide bonds. The van der Waals surface area contributed by atoms with E-state index in [4.69, 9.17) is 0 Å². The first-order valence-corrected chi connectivity index (χ1v) is 17.4. The first-order valence-electron chi connectivity index (χ1n) is 17.4. The highest BCUT2D eigenvalue weighted by Gasteiger charge is 2.27. The van der Waals surface area contributed by atoms with Gasteiger partial charge in [0.05, 0.1) is 33.4 Å². The van der Waals surface area contributed by atoms with E-state index in [0.29, 0.717) is 0 Å². The highest BCUT2D eigenvalue weighted by atomic mass is 15.0. The summed E-state index contributed by atoms with van der Waals surface area (Å²) < 4.78 is 5.09. The Kier molecular flexibility index (Phi) is 5.00. The van der Waals surface area contributed by atoms with Crippen molar-refractivity contribution < 1.29 is 0 Å². The molecule has 9 aromatic carbocycles. The number of aromatic nitrogens is 2. The van der Waals surface area contributed by atoms with Gasteiger partial charge in [-0.05, 0) is 62.5 Å². The number of hydrogen-bond acceptors (Lipinski definition) is 0. The molecule has 0 saturated heterocycles. The highest BCUT2D eigenvalue weighted by molar-refractivity contribution is 6.29. The van der Waals surface area contributed by atoms with Crippen LogP contribution in [0.1, 0.15) is 0 Å². The first-order chi connectivity index (χ1) is 24.8. The molecular weight excluding hydrogens is 605 g/mol. The van der Waals surface area contributed by atoms with Crippen LogP contribution in [0, 0.1) is 0 Å². The zero-order chi connectivity index (χ0) is 32.5. The molecule has 0 N–H and O–H groups in total. The van der Waals surface area contributed by atoms with Gasteiger partial charge in [0, 0.05) is 37.9 Å². The van der Waals surface area contributed by atoms with Crippen LogP contribution >= 0.6 is 0 Å². The van der Waals surface area contributed by atoms with Crippen LogP contribution in [-0.2, 0) is 0 Å². The van der Waals surface area contributed by atoms with E-state index in [1.807, 2.05) is 0 Å². The molecule has 1 aliphatic rings. The Morgan fingerprint density at radius 3 is 1.76 bits per heavy atom. The molecule has 50 heavy (non-hydrogen) atoms. The molecule has 230 valence electrons. The molecule has 0 atom stereocenters. The average molecular weight is 633 g/mol. The molecule has 0 saturated carbocycles. The van der Waals surface area contributed by atoms with Crippen LogP contribution < -0.4 is 0 Å². The van der Waals surface area contributed by atoms with Crippen molar-refractivity contribution in [3.63, 3.8) is 0 Å². The molecule has 0 unspecified atom stereocenters. The van der Waals surface area contributed by atoms with E-state index in [2.05, 4.69) is 179 Å². The number of para-hydroxylation sites is 1. The van der Waals surface area contributed by atoms with Crippen LogP contribution in [0.25, 0.3) is 110 Å². The maximum atomic E-state index is 2.57. The minimum Gasteiger partial charge on any atom is -0.309 e. The largest absolute Gasteiger partial charge is 0.309 e. The second kappa shape index (κ2) is 9.49. The van der Waals surface area contributed by atoms with Crippen molar-refractivity contribution in [1.29, 1.82) is 0 Å². The third kappa shape index (κ3) is 3.23. The van der Waals surface area contributed by atoms with Crippen LogP contribution in [0.5, 0.6) is 0 Å². The predicted octanol–water partition coefficient (Wildman–Crippen LogP) is 13.0. The Morgan fingerprint density at radius 2 is 0.880 bits per heavy atom. The van der Waals surface area contributed by atoms with Crippen LogP contribution in [0.2, 0.25) is 0 Å². The zero-order valence-electron chi connectivity index (χ0n) is 27.1. The molecule has 11 aromatic rings. The Labute approximate surface area is 287 Å². The number of rotatable bonds is 2. The molecule has 2 nitrogen and oxygen atoms in total. The number of fused-ring (bicyclic) bond motifs is 13. The van der Waals surface area contributed by atoms with Crippen LogP contribution in [0.4, 0.5) is 0 Å². The summed E-state index contributed by atoms with van der Waals surface area (Å²) in [5.74, 6) is 0. The monoisotopic (exact) mass is 632 g/mol. The fraction of sp³-hybridized carbons (Fsp3) is 0. The van der Waals surface area contributed by atoms with Gasteiger partial charge in [0.2, 0.25) is 0 Å². The summed E-state index contributed by atoms with van der Waals surface area (Å²) in [6.07, 6.45) is 0. The standard InChI is InChI=1S/C48H28N2/c1-3-16-32-29(11-1)13-9-23-40(32)50-47-33-17-4-2-12-30(33)25-26-36(47)37-27-28-43-46(48(37)50)38-18-5-6-22-41(38)49(43)42-24-10-20-35-34-19-7-14-31-15-8-21-39(44(31)34)45(35)42/h1-28H. The Balaban J connectivity index is 1.30. The van der Waals surface area contributed by atoms with Crippen LogP contribution in [-0.4, -0.2) is 9.13 Å². The van der Waals surface area contributed by atoms with Gasteiger partial charge in [-0.2, -0.15) is 0 Å². The molecule has 2 heteroatoms. The van der Waals surface area contributed by atoms with Gasteiger partial charge in [-0.3, -0.25) is 0 Å². The molecule has 1 aliphatic carbocycles. The van der Waals surface area contributed by atoms with Gasteiger partial charge in [0.25, 0.3) is 0 Å². The minimum absolute atomic E-state index is 1.20. The first kappa shape index (κ1) is 26.3.